The quantitative estimate of drug-likeness (QED) is 0.807. The van der Waals surface area contributed by atoms with Gasteiger partial charge in [0.2, 0.25) is 11.8 Å². The Balaban J connectivity index is 1.71. The standard InChI is InChI=1S/C16H26N2O2/c1-10(2)9-13-15(19)17-14(12-5-6-12)16(20)18(13)8-7-11-3-4-11/h10-14H,3-9H2,1-2H3,(H,17,19). The molecule has 0 aromatic heterocycles. The van der Waals surface area contributed by atoms with E-state index in [0.717, 1.165) is 38.1 Å². The van der Waals surface area contributed by atoms with Crippen molar-refractivity contribution in [3.05, 3.63) is 0 Å². The highest BCUT2D eigenvalue weighted by Crippen LogP contribution is 2.37. The smallest absolute Gasteiger partial charge is 0.246 e. The molecular weight excluding hydrogens is 252 g/mol. The van der Waals surface area contributed by atoms with E-state index in [1.165, 1.54) is 12.8 Å². The van der Waals surface area contributed by atoms with Crippen LogP contribution in [0.1, 0.15) is 52.4 Å². The zero-order chi connectivity index (χ0) is 14.3. The number of carbonyl (C=O) groups is 2. The summed E-state index contributed by atoms with van der Waals surface area (Å²) in [5, 5.41) is 2.99. The molecule has 112 valence electrons. The van der Waals surface area contributed by atoms with E-state index in [1.54, 1.807) is 0 Å². The Hall–Kier alpha value is -1.06. The fourth-order valence-electron chi connectivity index (χ4n) is 3.21. The monoisotopic (exact) mass is 278 g/mol. The molecule has 1 N–H and O–H groups in total. The van der Waals surface area contributed by atoms with Crippen molar-refractivity contribution in [2.45, 2.75) is 64.5 Å². The molecule has 0 aromatic rings. The average Bonchev–Trinajstić information content (AvgIpc) is 3.25. The molecule has 4 heteroatoms. The van der Waals surface area contributed by atoms with Gasteiger partial charge in [0.15, 0.2) is 0 Å². The number of hydrogen-bond acceptors (Lipinski definition) is 2. The first-order chi connectivity index (χ1) is 9.56. The molecule has 2 saturated carbocycles. The maximum Gasteiger partial charge on any atom is 0.246 e. The third kappa shape index (κ3) is 2.99. The van der Waals surface area contributed by atoms with Crippen LogP contribution in [0.4, 0.5) is 0 Å². The topological polar surface area (TPSA) is 49.4 Å². The molecule has 20 heavy (non-hydrogen) atoms. The molecule has 3 aliphatic rings. The van der Waals surface area contributed by atoms with Crippen LogP contribution in [0, 0.1) is 17.8 Å². The van der Waals surface area contributed by atoms with Crippen molar-refractivity contribution in [3.8, 4) is 0 Å². The molecule has 3 fully saturated rings. The van der Waals surface area contributed by atoms with Crippen molar-refractivity contribution in [3.63, 3.8) is 0 Å². The van der Waals surface area contributed by atoms with Crippen LogP contribution < -0.4 is 5.32 Å². The fourth-order valence-corrected chi connectivity index (χ4v) is 3.21. The summed E-state index contributed by atoms with van der Waals surface area (Å²) < 4.78 is 0. The third-order valence-electron chi connectivity index (χ3n) is 4.79. The number of nitrogens with one attached hydrogen (secondary N) is 1. The third-order valence-corrected chi connectivity index (χ3v) is 4.79. The van der Waals surface area contributed by atoms with Gasteiger partial charge in [-0.05, 0) is 43.4 Å². The minimum absolute atomic E-state index is 0.0750. The molecule has 0 radical (unpaired) electrons. The summed E-state index contributed by atoms with van der Waals surface area (Å²) in [6.07, 6.45) is 6.62. The van der Waals surface area contributed by atoms with Crippen LogP contribution in [0.2, 0.25) is 0 Å². The molecule has 1 aliphatic heterocycles. The van der Waals surface area contributed by atoms with Gasteiger partial charge in [-0.25, -0.2) is 0 Å². The highest BCUT2D eigenvalue weighted by molar-refractivity contribution is 5.97. The summed E-state index contributed by atoms with van der Waals surface area (Å²) in [4.78, 5) is 27.0. The molecule has 2 atom stereocenters. The van der Waals surface area contributed by atoms with Crippen molar-refractivity contribution >= 4 is 11.8 Å². The Morgan fingerprint density at radius 1 is 1.20 bits per heavy atom. The van der Waals surface area contributed by atoms with E-state index in [4.69, 9.17) is 0 Å². The first-order valence-corrected chi connectivity index (χ1v) is 8.17. The Labute approximate surface area is 121 Å². The van der Waals surface area contributed by atoms with Crippen LogP contribution in [-0.4, -0.2) is 35.3 Å². The second-order valence-corrected chi connectivity index (χ2v) is 7.23. The van der Waals surface area contributed by atoms with Crippen molar-refractivity contribution in [1.29, 1.82) is 0 Å². The summed E-state index contributed by atoms with van der Waals surface area (Å²) >= 11 is 0. The van der Waals surface area contributed by atoms with E-state index in [1.807, 2.05) is 4.90 Å². The molecule has 1 saturated heterocycles. The molecule has 0 bridgehead atoms. The van der Waals surface area contributed by atoms with E-state index in [-0.39, 0.29) is 23.9 Å². The molecule has 0 spiro atoms. The Bertz CT molecular complexity index is 399. The normalized spacial score (nSPS) is 30.9. The van der Waals surface area contributed by atoms with Gasteiger partial charge >= 0.3 is 0 Å². The highest BCUT2D eigenvalue weighted by atomic mass is 16.2. The number of hydrogen-bond donors (Lipinski definition) is 1. The lowest BCUT2D eigenvalue weighted by Crippen LogP contribution is -2.64. The first kappa shape index (κ1) is 13.9. The van der Waals surface area contributed by atoms with Crippen molar-refractivity contribution in [2.75, 3.05) is 6.54 Å². The maximum atomic E-state index is 12.7. The van der Waals surface area contributed by atoms with Crippen LogP contribution >= 0.6 is 0 Å². The Morgan fingerprint density at radius 2 is 1.90 bits per heavy atom. The van der Waals surface area contributed by atoms with E-state index >= 15 is 0 Å². The van der Waals surface area contributed by atoms with Gasteiger partial charge in [-0.2, -0.15) is 0 Å². The zero-order valence-corrected chi connectivity index (χ0v) is 12.6. The van der Waals surface area contributed by atoms with Crippen molar-refractivity contribution in [1.82, 2.24) is 10.2 Å². The molecule has 2 unspecified atom stereocenters. The average molecular weight is 278 g/mol. The predicted molar refractivity (Wildman–Crippen MR) is 77.0 cm³/mol. The van der Waals surface area contributed by atoms with E-state index in [9.17, 15) is 9.59 Å². The largest absolute Gasteiger partial charge is 0.342 e. The summed E-state index contributed by atoms with van der Waals surface area (Å²) in [5.41, 5.74) is 0. The Morgan fingerprint density at radius 3 is 2.45 bits per heavy atom. The Kier molecular flexibility index (Phi) is 3.74. The molecule has 0 aromatic carbocycles. The predicted octanol–water partition coefficient (Wildman–Crippen LogP) is 1.94. The molecular formula is C16H26N2O2. The van der Waals surface area contributed by atoms with Gasteiger partial charge in [0, 0.05) is 6.54 Å². The van der Waals surface area contributed by atoms with Gasteiger partial charge in [-0.3, -0.25) is 9.59 Å². The van der Waals surface area contributed by atoms with Gasteiger partial charge in [-0.15, -0.1) is 0 Å². The second kappa shape index (κ2) is 5.38. The van der Waals surface area contributed by atoms with E-state index in [0.29, 0.717) is 11.8 Å². The summed E-state index contributed by atoms with van der Waals surface area (Å²) in [6.45, 7) is 5.01. The van der Waals surface area contributed by atoms with Crippen LogP contribution in [-0.2, 0) is 9.59 Å². The molecule has 3 rings (SSSR count). The van der Waals surface area contributed by atoms with Crippen LogP contribution in [0.3, 0.4) is 0 Å². The lowest BCUT2D eigenvalue weighted by atomic mass is 9.96. The van der Waals surface area contributed by atoms with Crippen LogP contribution in [0.15, 0.2) is 0 Å². The van der Waals surface area contributed by atoms with Crippen LogP contribution in [0.5, 0.6) is 0 Å². The van der Waals surface area contributed by atoms with Crippen molar-refractivity contribution < 1.29 is 9.59 Å². The van der Waals surface area contributed by atoms with E-state index < -0.39 is 0 Å². The minimum atomic E-state index is -0.240. The van der Waals surface area contributed by atoms with E-state index in [2.05, 4.69) is 19.2 Å². The number of nitrogens with zero attached hydrogens (tertiary/aromatic N) is 1. The summed E-state index contributed by atoms with van der Waals surface area (Å²) in [5.74, 6) is 1.88. The van der Waals surface area contributed by atoms with Crippen LogP contribution in [0.25, 0.3) is 0 Å². The fraction of sp³-hybridized carbons (Fsp3) is 0.875. The molecule has 1 heterocycles. The number of rotatable bonds is 6. The highest BCUT2D eigenvalue weighted by Gasteiger charge is 2.46. The second-order valence-electron chi connectivity index (χ2n) is 7.23. The SMILES string of the molecule is CC(C)CC1C(=O)NC(C2CC2)C(=O)N1CCC1CC1. The van der Waals surface area contributed by atoms with Crippen molar-refractivity contribution in [2.24, 2.45) is 17.8 Å². The summed E-state index contributed by atoms with van der Waals surface area (Å²) in [6, 6.07) is -0.471. The van der Waals surface area contributed by atoms with Gasteiger partial charge in [-0.1, -0.05) is 26.7 Å². The van der Waals surface area contributed by atoms with Gasteiger partial charge < -0.3 is 10.2 Å². The van der Waals surface area contributed by atoms with Gasteiger partial charge in [0.05, 0.1) is 0 Å². The first-order valence-electron chi connectivity index (χ1n) is 8.17. The zero-order valence-electron chi connectivity index (χ0n) is 12.6. The number of carbonyl (C=O) groups excluding carboxylic acids is 2. The number of piperazine rings is 1. The van der Waals surface area contributed by atoms with Gasteiger partial charge in [0.1, 0.15) is 12.1 Å². The number of amides is 2. The molecule has 2 amide bonds. The lowest BCUT2D eigenvalue weighted by molar-refractivity contribution is -0.150. The molecule has 2 aliphatic carbocycles. The summed E-state index contributed by atoms with van der Waals surface area (Å²) in [7, 11) is 0. The molecule has 4 nitrogen and oxygen atoms in total. The maximum absolute atomic E-state index is 12.7. The lowest BCUT2D eigenvalue weighted by Gasteiger charge is -2.40. The van der Waals surface area contributed by atoms with Gasteiger partial charge in [0.25, 0.3) is 0 Å². The minimum Gasteiger partial charge on any atom is -0.342 e.